The molecule has 0 N–H and O–H groups in total. The SMILES string of the molecule is CN(C)c1ccc(-c2nc(C3CC(=O)N(c4cc(F)ccc4F)C3)no2)cc1. The largest absolute Gasteiger partial charge is 0.378 e. The quantitative estimate of drug-likeness (QED) is 0.688. The zero-order valence-electron chi connectivity index (χ0n) is 15.4. The van der Waals surface area contributed by atoms with E-state index < -0.39 is 11.6 Å². The van der Waals surface area contributed by atoms with E-state index in [0.717, 1.165) is 29.4 Å². The molecule has 0 aliphatic carbocycles. The lowest BCUT2D eigenvalue weighted by Crippen LogP contribution is -2.25. The van der Waals surface area contributed by atoms with Crippen molar-refractivity contribution >= 4 is 17.3 Å². The second kappa shape index (κ2) is 7.03. The van der Waals surface area contributed by atoms with Crippen molar-refractivity contribution in [3.63, 3.8) is 0 Å². The highest BCUT2D eigenvalue weighted by molar-refractivity contribution is 5.96. The van der Waals surface area contributed by atoms with Crippen LogP contribution in [-0.4, -0.2) is 36.7 Å². The number of hydrogen-bond donors (Lipinski definition) is 0. The smallest absolute Gasteiger partial charge is 0.257 e. The van der Waals surface area contributed by atoms with E-state index >= 15 is 0 Å². The van der Waals surface area contributed by atoms with Crippen molar-refractivity contribution in [1.82, 2.24) is 10.1 Å². The maximum absolute atomic E-state index is 14.0. The van der Waals surface area contributed by atoms with Gasteiger partial charge in [0, 0.05) is 50.3 Å². The van der Waals surface area contributed by atoms with Gasteiger partial charge in [0.15, 0.2) is 5.82 Å². The zero-order chi connectivity index (χ0) is 19.8. The Balaban J connectivity index is 1.55. The minimum absolute atomic E-state index is 0.0736. The first-order valence-electron chi connectivity index (χ1n) is 8.79. The maximum Gasteiger partial charge on any atom is 0.257 e. The molecule has 4 rings (SSSR count). The standard InChI is InChI=1S/C20H18F2N4O2/c1-25(2)15-6-3-12(4-7-15)20-23-19(24-28-20)13-9-18(27)26(11-13)17-10-14(21)5-8-16(17)22/h3-8,10,13H,9,11H2,1-2H3. The predicted octanol–water partition coefficient (Wildman–Crippen LogP) is 3.60. The van der Waals surface area contributed by atoms with Crippen LogP contribution in [0, 0.1) is 11.6 Å². The van der Waals surface area contributed by atoms with E-state index in [0.29, 0.717) is 11.7 Å². The Kier molecular flexibility index (Phi) is 4.54. The van der Waals surface area contributed by atoms with E-state index in [9.17, 15) is 13.6 Å². The fraction of sp³-hybridized carbons (Fsp3) is 0.250. The molecule has 0 bridgehead atoms. The minimum Gasteiger partial charge on any atom is -0.378 e. The first-order valence-corrected chi connectivity index (χ1v) is 8.79. The number of amides is 1. The lowest BCUT2D eigenvalue weighted by atomic mass is 10.1. The summed E-state index contributed by atoms with van der Waals surface area (Å²) >= 11 is 0. The molecule has 8 heteroatoms. The van der Waals surface area contributed by atoms with E-state index in [1.807, 2.05) is 43.3 Å². The van der Waals surface area contributed by atoms with Gasteiger partial charge in [0.25, 0.3) is 5.89 Å². The van der Waals surface area contributed by atoms with Crippen LogP contribution in [0.25, 0.3) is 11.5 Å². The predicted molar refractivity (Wildman–Crippen MR) is 100 cm³/mol. The van der Waals surface area contributed by atoms with Gasteiger partial charge in [-0.25, -0.2) is 8.78 Å². The molecule has 1 aromatic heterocycles. The van der Waals surface area contributed by atoms with Crippen molar-refractivity contribution in [2.75, 3.05) is 30.4 Å². The molecule has 6 nitrogen and oxygen atoms in total. The van der Waals surface area contributed by atoms with Gasteiger partial charge in [-0.3, -0.25) is 4.79 Å². The monoisotopic (exact) mass is 384 g/mol. The summed E-state index contributed by atoms with van der Waals surface area (Å²) in [5.74, 6) is -1.19. The first-order chi connectivity index (χ1) is 13.4. The third kappa shape index (κ3) is 3.33. The number of rotatable bonds is 4. The molecule has 1 saturated heterocycles. The van der Waals surface area contributed by atoms with Crippen LogP contribution in [0.5, 0.6) is 0 Å². The van der Waals surface area contributed by atoms with E-state index in [-0.39, 0.29) is 30.5 Å². The summed E-state index contributed by atoms with van der Waals surface area (Å²) < 4.78 is 32.8. The van der Waals surface area contributed by atoms with Crippen LogP contribution in [0.4, 0.5) is 20.2 Å². The van der Waals surface area contributed by atoms with Crippen LogP contribution in [0.3, 0.4) is 0 Å². The van der Waals surface area contributed by atoms with Crippen molar-refractivity contribution in [2.45, 2.75) is 12.3 Å². The maximum atomic E-state index is 14.0. The Labute approximate surface area is 160 Å². The molecule has 1 aliphatic rings. The van der Waals surface area contributed by atoms with Gasteiger partial charge in [0.05, 0.1) is 5.69 Å². The summed E-state index contributed by atoms with van der Waals surface area (Å²) in [5.41, 5.74) is 1.73. The number of benzene rings is 2. The fourth-order valence-electron chi connectivity index (χ4n) is 3.23. The van der Waals surface area contributed by atoms with E-state index in [2.05, 4.69) is 10.1 Å². The number of anilines is 2. The van der Waals surface area contributed by atoms with Crippen molar-refractivity contribution in [3.8, 4) is 11.5 Å². The molecular formula is C20H18F2N4O2. The van der Waals surface area contributed by atoms with Crippen LogP contribution < -0.4 is 9.80 Å². The van der Waals surface area contributed by atoms with Gasteiger partial charge in [-0.1, -0.05) is 5.16 Å². The highest BCUT2D eigenvalue weighted by Crippen LogP contribution is 2.33. The number of carbonyl (C=O) groups excluding carboxylic acids is 1. The van der Waals surface area contributed by atoms with Gasteiger partial charge in [-0.05, 0) is 36.4 Å². The van der Waals surface area contributed by atoms with Crippen molar-refractivity contribution < 1.29 is 18.1 Å². The molecule has 28 heavy (non-hydrogen) atoms. The summed E-state index contributed by atoms with van der Waals surface area (Å²) in [6, 6.07) is 10.7. The molecule has 2 heterocycles. The Morgan fingerprint density at radius 1 is 1.14 bits per heavy atom. The topological polar surface area (TPSA) is 62.5 Å². The lowest BCUT2D eigenvalue weighted by Gasteiger charge is -2.16. The third-order valence-electron chi connectivity index (χ3n) is 4.76. The summed E-state index contributed by atoms with van der Waals surface area (Å²) in [4.78, 5) is 20.0. The summed E-state index contributed by atoms with van der Waals surface area (Å²) in [6.45, 7) is 0.164. The van der Waals surface area contributed by atoms with Crippen LogP contribution in [0.2, 0.25) is 0 Å². The zero-order valence-corrected chi connectivity index (χ0v) is 15.4. The lowest BCUT2D eigenvalue weighted by molar-refractivity contribution is -0.117. The number of hydrogen-bond acceptors (Lipinski definition) is 5. The van der Waals surface area contributed by atoms with Crippen molar-refractivity contribution in [2.24, 2.45) is 0 Å². The fourth-order valence-corrected chi connectivity index (χ4v) is 3.23. The molecule has 1 unspecified atom stereocenters. The van der Waals surface area contributed by atoms with Crippen LogP contribution in [-0.2, 0) is 4.79 Å². The minimum atomic E-state index is -0.648. The van der Waals surface area contributed by atoms with E-state index in [1.54, 1.807) is 0 Å². The average Bonchev–Trinajstić information content (AvgIpc) is 3.31. The Hall–Kier alpha value is -3.29. The second-order valence-electron chi connectivity index (χ2n) is 6.90. The second-order valence-corrected chi connectivity index (χ2v) is 6.90. The normalized spacial score (nSPS) is 16.6. The average molecular weight is 384 g/mol. The van der Waals surface area contributed by atoms with Gasteiger partial charge in [0.1, 0.15) is 11.6 Å². The van der Waals surface area contributed by atoms with Gasteiger partial charge in [-0.2, -0.15) is 4.98 Å². The Bertz CT molecular complexity index is 1020. The van der Waals surface area contributed by atoms with Gasteiger partial charge in [-0.15, -0.1) is 0 Å². The van der Waals surface area contributed by atoms with Crippen LogP contribution in [0.15, 0.2) is 47.0 Å². The highest BCUT2D eigenvalue weighted by Gasteiger charge is 2.36. The molecule has 0 radical (unpaired) electrons. The first kappa shape index (κ1) is 18.1. The number of aromatic nitrogens is 2. The molecule has 0 saturated carbocycles. The van der Waals surface area contributed by atoms with Crippen LogP contribution in [0.1, 0.15) is 18.2 Å². The number of carbonyl (C=O) groups is 1. The molecule has 1 fully saturated rings. The highest BCUT2D eigenvalue weighted by atomic mass is 19.1. The molecule has 1 amide bonds. The molecule has 144 valence electrons. The van der Waals surface area contributed by atoms with E-state index in [4.69, 9.17) is 4.52 Å². The van der Waals surface area contributed by atoms with Gasteiger partial charge >= 0.3 is 0 Å². The number of nitrogens with zero attached hydrogens (tertiary/aromatic N) is 4. The molecule has 3 aromatic rings. The van der Waals surface area contributed by atoms with Crippen molar-refractivity contribution in [3.05, 3.63) is 59.9 Å². The van der Waals surface area contributed by atoms with Gasteiger partial charge < -0.3 is 14.3 Å². The van der Waals surface area contributed by atoms with Crippen LogP contribution >= 0.6 is 0 Å². The molecular weight excluding hydrogens is 366 g/mol. The molecule has 1 aliphatic heterocycles. The van der Waals surface area contributed by atoms with Gasteiger partial charge in [0.2, 0.25) is 5.91 Å². The summed E-state index contributed by atoms with van der Waals surface area (Å²) in [7, 11) is 3.90. The Morgan fingerprint density at radius 3 is 2.61 bits per heavy atom. The third-order valence-corrected chi connectivity index (χ3v) is 4.76. The summed E-state index contributed by atoms with van der Waals surface area (Å²) in [5, 5.41) is 3.99. The summed E-state index contributed by atoms with van der Waals surface area (Å²) in [6.07, 6.45) is 0.106. The molecule has 2 aromatic carbocycles. The van der Waals surface area contributed by atoms with Crippen molar-refractivity contribution in [1.29, 1.82) is 0 Å². The number of halogens is 2. The Morgan fingerprint density at radius 2 is 1.89 bits per heavy atom. The molecule has 0 spiro atoms. The molecule has 1 atom stereocenters. The van der Waals surface area contributed by atoms with E-state index in [1.165, 1.54) is 4.90 Å².